The average molecular weight is 106 g/mol. The fourth-order valence-corrected chi connectivity index (χ4v) is 0.383. The molecule has 0 spiro atoms. The molecule has 0 aliphatic heterocycles. The van der Waals surface area contributed by atoms with Crippen LogP contribution in [-0.4, -0.2) is 0 Å². The van der Waals surface area contributed by atoms with Gasteiger partial charge in [0.1, 0.15) is 0 Å². The zero-order valence-corrected chi connectivity index (χ0v) is 5.15. The van der Waals surface area contributed by atoms with Crippen LogP contribution in [0, 0.1) is 19.3 Å². The largest absolute Gasteiger partial charge is 0.120 e. The molecule has 0 aromatic carbocycles. The molecule has 0 atom stereocenters. The highest BCUT2D eigenvalue weighted by molar-refractivity contribution is 5.02. The van der Waals surface area contributed by atoms with Crippen molar-refractivity contribution in [3.8, 4) is 12.3 Å². The molecule has 0 bridgehead atoms. The minimum atomic E-state index is 0.786. The second kappa shape index (κ2) is 4.46. The van der Waals surface area contributed by atoms with E-state index in [0.29, 0.717) is 0 Å². The number of unbranched alkanes of at least 4 members (excludes halogenated alkanes) is 1. The van der Waals surface area contributed by atoms with Gasteiger partial charge in [-0.15, -0.1) is 12.3 Å². The van der Waals surface area contributed by atoms with Gasteiger partial charge in [0.2, 0.25) is 0 Å². The Kier molecular flexibility index (Phi) is 4.07. The van der Waals surface area contributed by atoms with E-state index in [1.165, 1.54) is 0 Å². The molecule has 0 heterocycles. The van der Waals surface area contributed by atoms with Crippen molar-refractivity contribution in [2.45, 2.75) is 19.8 Å². The molecule has 0 unspecified atom stereocenters. The van der Waals surface area contributed by atoms with Gasteiger partial charge >= 0.3 is 0 Å². The van der Waals surface area contributed by atoms with Crippen LogP contribution in [-0.2, 0) is 0 Å². The Morgan fingerprint density at radius 3 is 2.75 bits per heavy atom. The highest BCUT2D eigenvalue weighted by atomic mass is 13.8. The molecule has 0 N–H and O–H groups in total. The summed E-state index contributed by atoms with van der Waals surface area (Å²) < 4.78 is 0. The summed E-state index contributed by atoms with van der Waals surface area (Å²) in [6, 6.07) is 0. The smallest absolute Gasteiger partial charge is 0.0121 e. The van der Waals surface area contributed by atoms with Crippen molar-refractivity contribution in [3.05, 3.63) is 18.6 Å². The van der Waals surface area contributed by atoms with Crippen molar-refractivity contribution in [3.63, 3.8) is 0 Å². The topological polar surface area (TPSA) is 0 Å². The first-order chi connectivity index (χ1) is 3.77. The molecule has 0 aliphatic carbocycles. The minimum Gasteiger partial charge on any atom is -0.120 e. The quantitative estimate of drug-likeness (QED) is 0.373. The van der Waals surface area contributed by atoms with Gasteiger partial charge in [0.15, 0.2) is 0 Å². The standard InChI is InChI=1S/C8H10/c1-4-5-6-7-8(2)3/h1-2,7H,5-6H2,3H3/b8-7-. The summed E-state index contributed by atoms with van der Waals surface area (Å²) in [7, 11) is 0. The van der Waals surface area contributed by atoms with Crippen LogP contribution in [0.1, 0.15) is 19.8 Å². The molecule has 0 aromatic rings. The lowest BCUT2D eigenvalue weighted by Gasteiger charge is -1.84. The van der Waals surface area contributed by atoms with Gasteiger partial charge in [-0.25, -0.2) is 0 Å². The van der Waals surface area contributed by atoms with Crippen LogP contribution in [0.25, 0.3) is 0 Å². The summed E-state index contributed by atoms with van der Waals surface area (Å²) in [5.41, 5.74) is 0.847. The van der Waals surface area contributed by atoms with Crippen LogP contribution in [0.5, 0.6) is 0 Å². The lowest BCUT2D eigenvalue weighted by molar-refractivity contribution is 1.07. The van der Waals surface area contributed by atoms with Crippen LogP contribution in [0.3, 0.4) is 0 Å². The molecular weight excluding hydrogens is 96.1 g/mol. The predicted molar refractivity (Wildman–Crippen MR) is 36.1 cm³/mol. The van der Waals surface area contributed by atoms with Gasteiger partial charge < -0.3 is 0 Å². The van der Waals surface area contributed by atoms with Crippen molar-refractivity contribution in [1.29, 1.82) is 0 Å². The van der Waals surface area contributed by atoms with E-state index in [1.807, 2.05) is 13.0 Å². The molecule has 0 aliphatic rings. The Labute approximate surface area is 51.6 Å². The molecule has 0 aromatic heterocycles. The summed E-state index contributed by atoms with van der Waals surface area (Å²) in [5, 5.41) is 0. The molecule has 0 saturated carbocycles. The Bertz CT molecular complexity index is 108. The SMILES string of the molecule is [CH]/C(C)=C/CCC#C. The second-order valence-electron chi connectivity index (χ2n) is 1.69. The minimum absolute atomic E-state index is 0.786. The molecule has 0 saturated heterocycles. The maximum atomic E-state index is 5.33. The highest BCUT2D eigenvalue weighted by Gasteiger charge is 1.75. The summed E-state index contributed by atoms with van der Waals surface area (Å²) in [6.07, 6.45) is 8.61. The Morgan fingerprint density at radius 2 is 2.38 bits per heavy atom. The monoisotopic (exact) mass is 106 g/mol. The summed E-state index contributed by atoms with van der Waals surface area (Å²) in [6.45, 7) is 7.18. The number of hydrogen-bond acceptors (Lipinski definition) is 0. The number of terminal acetylenes is 1. The van der Waals surface area contributed by atoms with Gasteiger partial charge in [0, 0.05) is 6.42 Å². The molecular formula is C8H10. The Morgan fingerprint density at radius 1 is 1.75 bits per heavy atom. The van der Waals surface area contributed by atoms with Gasteiger partial charge in [0.05, 0.1) is 0 Å². The number of allylic oxidation sites excluding steroid dienone is 2. The van der Waals surface area contributed by atoms with Crippen LogP contribution in [0.15, 0.2) is 11.6 Å². The van der Waals surface area contributed by atoms with Crippen LogP contribution >= 0.6 is 0 Å². The zero-order chi connectivity index (χ0) is 6.41. The third-order valence-electron chi connectivity index (χ3n) is 0.755. The number of rotatable bonds is 2. The van der Waals surface area contributed by atoms with Gasteiger partial charge in [-0.2, -0.15) is 0 Å². The van der Waals surface area contributed by atoms with Gasteiger partial charge in [-0.05, 0) is 20.3 Å². The summed E-state index contributed by atoms with van der Waals surface area (Å²) >= 11 is 0. The van der Waals surface area contributed by atoms with E-state index in [0.717, 1.165) is 18.4 Å². The molecule has 0 rings (SSSR count). The van der Waals surface area contributed by atoms with Crippen molar-refractivity contribution < 1.29 is 0 Å². The maximum Gasteiger partial charge on any atom is 0.0121 e. The molecule has 0 fully saturated rings. The maximum absolute atomic E-state index is 5.33. The normalized spacial score (nSPS) is 10.9. The Hall–Kier alpha value is -0.700. The molecule has 0 nitrogen and oxygen atoms in total. The summed E-state index contributed by atoms with van der Waals surface area (Å²) in [5.74, 6) is 2.52. The first-order valence-corrected chi connectivity index (χ1v) is 2.63. The molecule has 42 valence electrons. The second-order valence-corrected chi connectivity index (χ2v) is 1.69. The van der Waals surface area contributed by atoms with E-state index >= 15 is 0 Å². The van der Waals surface area contributed by atoms with E-state index < -0.39 is 0 Å². The van der Waals surface area contributed by atoms with Crippen molar-refractivity contribution in [2.75, 3.05) is 0 Å². The molecule has 2 radical (unpaired) electrons. The van der Waals surface area contributed by atoms with E-state index in [1.54, 1.807) is 0 Å². The van der Waals surface area contributed by atoms with Gasteiger partial charge in [-0.3, -0.25) is 0 Å². The third kappa shape index (κ3) is 5.30. The van der Waals surface area contributed by atoms with Crippen LogP contribution in [0.4, 0.5) is 0 Å². The summed E-state index contributed by atoms with van der Waals surface area (Å²) in [4.78, 5) is 0. The van der Waals surface area contributed by atoms with E-state index in [4.69, 9.17) is 13.3 Å². The van der Waals surface area contributed by atoms with Crippen molar-refractivity contribution in [1.82, 2.24) is 0 Å². The van der Waals surface area contributed by atoms with Crippen LogP contribution < -0.4 is 0 Å². The van der Waals surface area contributed by atoms with E-state index in [-0.39, 0.29) is 0 Å². The Balaban J connectivity index is 3.20. The first kappa shape index (κ1) is 7.30. The van der Waals surface area contributed by atoms with E-state index in [9.17, 15) is 0 Å². The van der Waals surface area contributed by atoms with E-state index in [2.05, 4.69) is 5.92 Å². The number of hydrogen-bond donors (Lipinski definition) is 0. The zero-order valence-electron chi connectivity index (χ0n) is 5.15. The highest BCUT2D eigenvalue weighted by Crippen LogP contribution is 1.93. The van der Waals surface area contributed by atoms with Crippen molar-refractivity contribution in [2.24, 2.45) is 0 Å². The molecule has 8 heavy (non-hydrogen) atoms. The molecule has 0 amide bonds. The third-order valence-corrected chi connectivity index (χ3v) is 0.755. The van der Waals surface area contributed by atoms with Gasteiger partial charge in [0.25, 0.3) is 0 Å². The fraction of sp³-hybridized carbons (Fsp3) is 0.375. The fourth-order valence-electron chi connectivity index (χ4n) is 0.383. The van der Waals surface area contributed by atoms with Crippen LogP contribution in [0.2, 0.25) is 0 Å². The lowest BCUT2D eigenvalue weighted by atomic mass is 10.2. The average Bonchev–Trinajstić information content (AvgIpc) is 1.66. The molecule has 0 heteroatoms. The lowest BCUT2D eigenvalue weighted by Crippen LogP contribution is -1.66. The van der Waals surface area contributed by atoms with Crippen molar-refractivity contribution >= 4 is 0 Å². The first-order valence-electron chi connectivity index (χ1n) is 2.63. The van der Waals surface area contributed by atoms with Gasteiger partial charge in [-0.1, -0.05) is 11.6 Å². The predicted octanol–water partition coefficient (Wildman–Crippen LogP) is 2.06.